The second kappa shape index (κ2) is 10.1. The first-order valence-corrected chi connectivity index (χ1v) is 14.4. The first kappa shape index (κ1) is 24.2. The molecule has 0 atom stereocenters. The molecule has 0 bridgehead atoms. The molecular weight excluding hydrogens is 508 g/mol. The highest BCUT2D eigenvalue weighted by Gasteiger charge is 2.18. The van der Waals surface area contributed by atoms with E-state index in [1.165, 1.54) is 43.7 Å². The minimum absolute atomic E-state index is 1.12. The van der Waals surface area contributed by atoms with E-state index in [1.54, 1.807) is 0 Å². The zero-order chi connectivity index (χ0) is 27.9. The number of anilines is 3. The second-order valence-corrected chi connectivity index (χ2v) is 10.7. The molecule has 42 heavy (non-hydrogen) atoms. The second-order valence-electron chi connectivity index (χ2n) is 10.7. The lowest BCUT2D eigenvalue weighted by Crippen LogP contribution is -2.10. The van der Waals surface area contributed by atoms with Gasteiger partial charge in [0.2, 0.25) is 0 Å². The molecular formula is C40H28N2. The fraction of sp³-hybridized carbons (Fsp3) is 0. The molecule has 0 aliphatic rings. The van der Waals surface area contributed by atoms with Crippen LogP contribution in [-0.2, 0) is 0 Å². The first-order valence-electron chi connectivity index (χ1n) is 14.4. The van der Waals surface area contributed by atoms with Crippen LogP contribution in [0.5, 0.6) is 0 Å². The van der Waals surface area contributed by atoms with E-state index in [2.05, 4.69) is 179 Å². The van der Waals surface area contributed by atoms with E-state index in [-0.39, 0.29) is 0 Å². The van der Waals surface area contributed by atoms with Crippen LogP contribution in [0.3, 0.4) is 0 Å². The van der Waals surface area contributed by atoms with Crippen LogP contribution in [0.4, 0.5) is 17.1 Å². The number of hydrogen-bond acceptors (Lipinski definition) is 1. The number of nitrogens with zero attached hydrogens (tertiary/aromatic N) is 2. The average molecular weight is 537 g/mol. The molecule has 0 aliphatic carbocycles. The Bertz CT molecular complexity index is 2180. The average Bonchev–Trinajstić information content (AvgIpc) is 3.39. The van der Waals surface area contributed by atoms with Gasteiger partial charge in [0.25, 0.3) is 0 Å². The summed E-state index contributed by atoms with van der Waals surface area (Å²) in [5.74, 6) is 0. The van der Waals surface area contributed by atoms with E-state index < -0.39 is 0 Å². The summed E-state index contributed by atoms with van der Waals surface area (Å²) < 4.78 is 2.41. The standard InChI is InChI=1S/C40H28N2/c1-4-12-29(13-5-1)32-21-24-37-38-25-23-36(28-40(38)42(39(37)27-32)34-18-8-3-9-19-34)41(33-16-6-2-7-17-33)35-22-20-30-14-10-11-15-31(30)26-35/h1-28H. The smallest absolute Gasteiger partial charge is 0.0561 e. The zero-order valence-corrected chi connectivity index (χ0v) is 23.1. The molecule has 8 aromatic rings. The van der Waals surface area contributed by atoms with Crippen molar-refractivity contribution in [3.8, 4) is 16.8 Å². The molecule has 0 spiro atoms. The van der Waals surface area contributed by atoms with Gasteiger partial charge in [-0.2, -0.15) is 0 Å². The minimum Gasteiger partial charge on any atom is -0.310 e. The van der Waals surface area contributed by atoms with Crippen molar-refractivity contribution >= 4 is 49.6 Å². The summed E-state index contributed by atoms with van der Waals surface area (Å²) in [6, 6.07) is 60.9. The summed E-state index contributed by atoms with van der Waals surface area (Å²) in [5.41, 5.74) is 9.34. The molecule has 0 amide bonds. The maximum atomic E-state index is 2.41. The van der Waals surface area contributed by atoms with Gasteiger partial charge in [0, 0.05) is 33.5 Å². The summed E-state index contributed by atoms with van der Waals surface area (Å²) >= 11 is 0. The fourth-order valence-corrected chi connectivity index (χ4v) is 6.15. The maximum Gasteiger partial charge on any atom is 0.0561 e. The number of benzene rings is 7. The Labute approximate surface area is 245 Å². The van der Waals surface area contributed by atoms with Crippen LogP contribution >= 0.6 is 0 Å². The van der Waals surface area contributed by atoms with E-state index in [9.17, 15) is 0 Å². The highest BCUT2D eigenvalue weighted by molar-refractivity contribution is 6.11. The lowest BCUT2D eigenvalue weighted by Gasteiger charge is -2.26. The van der Waals surface area contributed by atoms with Crippen LogP contribution in [0.2, 0.25) is 0 Å². The molecule has 1 heterocycles. The van der Waals surface area contributed by atoms with E-state index >= 15 is 0 Å². The Morgan fingerprint density at radius 2 is 0.929 bits per heavy atom. The molecule has 0 aliphatic heterocycles. The van der Waals surface area contributed by atoms with E-state index in [0.717, 1.165) is 22.7 Å². The number of aromatic nitrogens is 1. The molecule has 8 rings (SSSR count). The summed E-state index contributed by atoms with van der Waals surface area (Å²) in [6.07, 6.45) is 0. The Morgan fingerprint density at radius 3 is 1.69 bits per heavy atom. The normalized spacial score (nSPS) is 11.3. The van der Waals surface area contributed by atoms with Gasteiger partial charge in [-0.05, 0) is 76.5 Å². The Kier molecular flexibility index (Phi) is 5.82. The van der Waals surface area contributed by atoms with Gasteiger partial charge in [-0.15, -0.1) is 0 Å². The fourth-order valence-electron chi connectivity index (χ4n) is 6.15. The molecule has 2 heteroatoms. The molecule has 0 fully saturated rings. The van der Waals surface area contributed by atoms with Crippen molar-refractivity contribution in [1.82, 2.24) is 4.57 Å². The van der Waals surface area contributed by atoms with Crippen molar-refractivity contribution in [2.24, 2.45) is 0 Å². The maximum absolute atomic E-state index is 2.41. The Hall–Kier alpha value is -5.60. The lowest BCUT2D eigenvalue weighted by atomic mass is 10.0. The number of hydrogen-bond donors (Lipinski definition) is 0. The van der Waals surface area contributed by atoms with Crippen molar-refractivity contribution in [2.75, 3.05) is 4.90 Å². The van der Waals surface area contributed by atoms with Crippen LogP contribution in [0, 0.1) is 0 Å². The summed E-state index contributed by atoms with van der Waals surface area (Å²) in [6.45, 7) is 0. The minimum atomic E-state index is 1.12. The Balaban J connectivity index is 1.39. The van der Waals surface area contributed by atoms with Gasteiger partial charge in [-0.3, -0.25) is 0 Å². The van der Waals surface area contributed by atoms with Crippen molar-refractivity contribution in [3.05, 3.63) is 170 Å². The summed E-state index contributed by atoms with van der Waals surface area (Å²) in [4.78, 5) is 2.36. The SMILES string of the molecule is c1ccc(-c2ccc3c4ccc(N(c5ccccc5)c5ccc6ccccc6c5)cc4n(-c4ccccc4)c3c2)cc1. The van der Waals surface area contributed by atoms with Crippen molar-refractivity contribution in [3.63, 3.8) is 0 Å². The molecule has 1 aromatic heterocycles. The third-order valence-electron chi connectivity index (χ3n) is 8.14. The Morgan fingerprint density at radius 1 is 0.357 bits per heavy atom. The predicted octanol–water partition coefficient (Wildman–Crippen LogP) is 11.1. The van der Waals surface area contributed by atoms with Gasteiger partial charge in [-0.25, -0.2) is 0 Å². The van der Waals surface area contributed by atoms with Gasteiger partial charge in [-0.1, -0.05) is 115 Å². The molecule has 198 valence electrons. The van der Waals surface area contributed by atoms with E-state index in [1.807, 2.05) is 0 Å². The van der Waals surface area contributed by atoms with Crippen molar-refractivity contribution in [1.29, 1.82) is 0 Å². The van der Waals surface area contributed by atoms with Gasteiger partial charge in [0.1, 0.15) is 0 Å². The van der Waals surface area contributed by atoms with Crippen LogP contribution in [0.1, 0.15) is 0 Å². The highest BCUT2D eigenvalue weighted by Crippen LogP contribution is 2.41. The van der Waals surface area contributed by atoms with Crippen molar-refractivity contribution in [2.45, 2.75) is 0 Å². The van der Waals surface area contributed by atoms with Crippen molar-refractivity contribution < 1.29 is 0 Å². The van der Waals surface area contributed by atoms with Crippen LogP contribution in [0.25, 0.3) is 49.4 Å². The van der Waals surface area contributed by atoms with Gasteiger partial charge < -0.3 is 9.47 Å². The van der Waals surface area contributed by atoms with Gasteiger partial charge in [0.15, 0.2) is 0 Å². The third-order valence-corrected chi connectivity index (χ3v) is 8.14. The lowest BCUT2D eigenvalue weighted by molar-refractivity contribution is 1.18. The molecule has 0 N–H and O–H groups in total. The molecule has 7 aromatic carbocycles. The molecule has 2 nitrogen and oxygen atoms in total. The quantitative estimate of drug-likeness (QED) is 0.212. The molecule has 0 unspecified atom stereocenters. The molecule has 0 saturated heterocycles. The van der Waals surface area contributed by atoms with Crippen LogP contribution in [0.15, 0.2) is 170 Å². The third kappa shape index (κ3) is 4.13. The van der Waals surface area contributed by atoms with Gasteiger partial charge in [0.05, 0.1) is 11.0 Å². The molecule has 0 saturated carbocycles. The number of para-hydroxylation sites is 2. The predicted molar refractivity (Wildman–Crippen MR) is 178 cm³/mol. The van der Waals surface area contributed by atoms with Crippen LogP contribution < -0.4 is 4.90 Å². The summed E-state index contributed by atoms with van der Waals surface area (Å²) in [5, 5.41) is 4.95. The first-order chi connectivity index (χ1) is 20.8. The monoisotopic (exact) mass is 536 g/mol. The highest BCUT2D eigenvalue weighted by atomic mass is 15.1. The number of fused-ring (bicyclic) bond motifs is 4. The number of rotatable bonds is 5. The zero-order valence-electron chi connectivity index (χ0n) is 23.1. The summed E-state index contributed by atoms with van der Waals surface area (Å²) in [7, 11) is 0. The topological polar surface area (TPSA) is 8.17 Å². The van der Waals surface area contributed by atoms with E-state index in [4.69, 9.17) is 0 Å². The molecule has 0 radical (unpaired) electrons. The van der Waals surface area contributed by atoms with Crippen LogP contribution in [-0.4, -0.2) is 4.57 Å². The van der Waals surface area contributed by atoms with Gasteiger partial charge >= 0.3 is 0 Å². The van der Waals surface area contributed by atoms with E-state index in [0.29, 0.717) is 0 Å². The largest absolute Gasteiger partial charge is 0.310 e.